The molecular weight excluding hydrogens is 474 g/mol. The van der Waals surface area contributed by atoms with Crippen molar-refractivity contribution in [3.63, 3.8) is 0 Å². The molecule has 1 saturated heterocycles. The van der Waals surface area contributed by atoms with Gasteiger partial charge in [-0.1, -0.05) is 30.3 Å². The number of imide groups is 1. The van der Waals surface area contributed by atoms with E-state index in [2.05, 4.69) is 15.9 Å². The van der Waals surface area contributed by atoms with E-state index >= 15 is 0 Å². The van der Waals surface area contributed by atoms with Crippen LogP contribution in [0.15, 0.2) is 40.9 Å². The standard InChI is InChI=1S/C21H24BrNO8/c1-29-18(17-15(25)11-16(22)21(28,31-17)9-5-6-10-24)19(26)23-14(12-30-20(23)27)13-7-3-2-4-8-13/h2-4,7-8,11,14,17-18,24,28H,5-6,9-10,12H2,1H3. The molecule has 4 unspecified atom stereocenters. The van der Waals surface area contributed by atoms with Gasteiger partial charge in [-0.2, -0.15) is 0 Å². The molecule has 0 radical (unpaired) electrons. The van der Waals surface area contributed by atoms with E-state index in [-0.39, 0.29) is 24.1 Å². The fraction of sp³-hybridized carbons (Fsp3) is 0.476. The minimum absolute atomic E-state index is 0.0267. The molecule has 168 valence electrons. The minimum atomic E-state index is -1.87. The van der Waals surface area contributed by atoms with E-state index in [4.69, 9.17) is 19.3 Å². The summed E-state index contributed by atoms with van der Waals surface area (Å²) in [5.41, 5.74) is 0.690. The Kier molecular flexibility index (Phi) is 7.60. The van der Waals surface area contributed by atoms with Gasteiger partial charge < -0.3 is 24.4 Å². The molecule has 3 rings (SSSR count). The first kappa shape index (κ1) is 23.6. The number of hydrogen-bond donors (Lipinski definition) is 2. The number of ketones is 1. The van der Waals surface area contributed by atoms with Crippen LogP contribution in [0.1, 0.15) is 30.9 Å². The number of cyclic esters (lactones) is 1. The van der Waals surface area contributed by atoms with Crippen LogP contribution in [0.3, 0.4) is 0 Å². The molecule has 2 aliphatic rings. The summed E-state index contributed by atoms with van der Waals surface area (Å²) in [6.07, 6.45) is -1.74. The van der Waals surface area contributed by atoms with Crippen molar-refractivity contribution in [1.82, 2.24) is 4.90 Å². The largest absolute Gasteiger partial charge is 0.446 e. The number of ether oxygens (including phenoxy) is 3. The molecule has 1 aromatic carbocycles. The molecule has 31 heavy (non-hydrogen) atoms. The van der Waals surface area contributed by atoms with Crippen LogP contribution in [-0.2, 0) is 23.8 Å². The van der Waals surface area contributed by atoms with Gasteiger partial charge in [0, 0.05) is 20.1 Å². The number of aliphatic hydroxyl groups is 2. The fourth-order valence-electron chi connectivity index (χ4n) is 3.59. The van der Waals surface area contributed by atoms with Crippen LogP contribution < -0.4 is 0 Å². The topological polar surface area (TPSA) is 123 Å². The van der Waals surface area contributed by atoms with E-state index in [1.807, 2.05) is 6.07 Å². The third kappa shape index (κ3) is 4.88. The van der Waals surface area contributed by atoms with Crippen molar-refractivity contribution in [3.8, 4) is 0 Å². The Morgan fingerprint density at radius 2 is 2.03 bits per heavy atom. The van der Waals surface area contributed by atoms with E-state index in [9.17, 15) is 19.5 Å². The van der Waals surface area contributed by atoms with Gasteiger partial charge in [-0.05, 0) is 40.4 Å². The monoisotopic (exact) mass is 497 g/mol. The Balaban J connectivity index is 1.85. The number of rotatable bonds is 8. The summed E-state index contributed by atoms with van der Waals surface area (Å²) in [5.74, 6) is -3.26. The van der Waals surface area contributed by atoms with Crippen LogP contribution in [0.5, 0.6) is 0 Å². The van der Waals surface area contributed by atoms with Gasteiger partial charge >= 0.3 is 6.09 Å². The van der Waals surface area contributed by atoms with Crippen LogP contribution >= 0.6 is 15.9 Å². The van der Waals surface area contributed by atoms with Gasteiger partial charge in [-0.15, -0.1) is 0 Å². The zero-order chi connectivity index (χ0) is 22.6. The molecule has 0 aromatic heterocycles. The van der Waals surface area contributed by atoms with Crippen molar-refractivity contribution < 1.29 is 38.8 Å². The van der Waals surface area contributed by atoms with Gasteiger partial charge in [0.15, 0.2) is 23.8 Å². The first-order valence-electron chi connectivity index (χ1n) is 9.82. The van der Waals surface area contributed by atoms with Crippen molar-refractivity contribution in [2.75, 3.05) is 20.3 Å². The number of carbonyl (C=O) groups excluding carboxylic acids is 3. The lowest BCUT2D eigenvalue weighted by Gasteiger charge is -2.38. The molecule has 0 saturated carbocycles. The van der Waals surface area contributed by atoms with Crippen molar-refractivity contribution in [2.24, 2.45) is 0 Å². The third-order valence-electron chi connectivity index (χ3n) is 5.24. The SMILES string of the molecule is COC(C(=O)N1C(=O)OCC1c1ccccc1)C1OC(O)(CCCCO)C(Br)=CC1=O. The van der Waals surface area contributed by atoms with E-state index in [0.717, 1.165) is 11.0 Å². The highest BCUT2D eigenvalue weighted by atomic mass is 79.9. The Morgan fingerprint density at radius 1 is 1.32 bits per heavy atom. The van der Waals surface area contributed by atoms with Crippen molar-refractivity contribution in [3.05, 3.63) is 46.5 Å². The van der Waals surface area contributed by atoms with Crippen molar-refractivity contribution >= 4 is 33.7 Å². The number of methoxy groups -OCH3 is 1. The Hall–Kier alpha value is -2.11. The average molecular weight is 498 g/mol. The Bertz CT molecular complexity index is 860. The molecule has 2 amide bonds. The van der Waals surface area contributed by atoms with Crippen LogP contribution in [-0.4, -0.2) is 71.2 Å². The number of carbonyl (C=O) groups is 3. The van der Waals surface area contributed by atoms with E-state index in [1.165, 1.54) is 7.11 Å². The van der Waals surface area contributed by atoms with Gasteiger partial charge in [-0.3, -0.25) is 9.59 Å². The summed E-state index contributed by atoms with van der Waals surface area (Å²) in [4.78, 5) is 39.2. The highest BCUT2D eigenvalue weighted by Gasteiger charge is 2.50. The van der Waals surface area contributed by atoms with Gasteiger partial charge in [0.2, 0.25) is 0 Å². The lowest BCUT2D eigenvalue weighted by Crippen LogP contribution is -2.55. The zero-order valence-corrected chi connectivity index (χ0v) is 18.5. The van der Waals surface area contributed by atoms with E-state index in [1.54, 1.807) is 24.3 Å². The smallest absolute Gasteiger partial charge is 0.417 e. The first-order valence-corrected chi connectivity index (χ1v) is 10.6. The molecule has 2 heterocycles. The Labute approximate surface area is 187 Å². The number of aliphatic hydroxyl groups excluding tert-OH is 1. The lowest BCUT2D eigenvalue weighted by atomic mass is 9.98. The predicted molar refractivity (Wildman–Crippen MR) is 111 cm³/mol. The lowest BCUT2D eigenvalue weighted by molar-refractivity contribution is -0.227. The third-order valence-corrected chi connectivity index (χ3v) is 6.08. The van der Waals surface area contributed by atoms with Crippen LogP contribution in [0.2, 0.25) is 0 Å². The molecule has 1 aromatic rings. The van der Waals surface area contributed by atoms with Crippen molar-refractivity contribution in [1.29, 1.82) is 0 Å². The fourth-order valence-corrected chi connectivity index (χ4v) is 4.10. The molecule has 9 nitrogen and oxygen atoms in total. The quantitative estimate of drug-likeness (QED) is 0.521. The number of amides is 2. The maximum atomic E-state index is 13.3. The summed E-state index contributed by atoms with van der Waals surface area (Å²) in [6.45, 7) is -0.0854. The number of benzene rings is 1. The molecule has 0 aliphatic carbocycles. The molecule has 2 N–H and O–H groups in total. The highest BCUT2D eigenvalue weighted by Crippen LogP contribution is 2.37. The van der Waals surface area contributed by atoms with Crippen LogP contribution in [0, 0.1) is 0 Å². The number of nitrogens with zero attached hydrogens (tertiary/aromatic N) is 1. The maximum Gasteiger partial charge on any atom is 0.417 e. The zero-order valence-electron chi connectivity index (χ0n) is 16.9. The van der Waals surface area contributed by atoms with E-state index in [0.29, 0.717) is 18.4 Å². The highest BCUT2D eigenvalue weighted by molar-refractivity contribution is 9.11. The summed E-state index contributed by atoms with van der Waals surface area (Å²) in [6, 6.07) is 8.20. The molecular formula is C21H24BrNO8. The molecule has 2 aliphatic heterocycles. The predicted octanol–water partition coefficient (Wildman–Crippen LogP) is 1.82. The molecule has 4 atom stereocenters. The molecule has 0 spiro atoms. The second kappa shape index (κ2) is 10.0. The second-order valence-electron chi connectivity index (χ2n) is 7.27. The minimum Gasteiger partial charge on any atom is -0.446 e. The Morgan fingerprint density at radius 3 is 2.68 bits per heavy atom. The maximum absolute atomic E-state index is 13.3. The number of unbranched alkanes of at least 4 members (excludes halogenated alkanes) is 1. The van der Waals surface area contributed by atoms with Gasteiger partial charge in [-0.25, -0.2) is 9.69 Å². The second-order valence-corrected chi connectivity index (χ2v) is 8.12. The average Bonchev–Trinajstić information content (AvgIpc) is 3.14. The summed E-state index contributed by atoms with van der Waals surface area (Å²) >= 11 is 3.15. The van der Waals surface area contributed by atoms with Crippen molar-refractivity contribution in [2.45, 2.75) is 43.3 Å². The summed E-state index contributed by atoms with van der Waals surface area (Å²) in [7, 11) is 1.22. The number of halogens is 1. The van der Waals surface area contributed by atoms with Gasteiger partial charge in [0.1, 0.15) is 12.6 Å². The number of hydrogen-bond acceptors (Lipinski definition) is 8. The molecule has 1 fully saturated rings. The van der Waals surface area contributed by atoms with Gasteiger partial charge in [0.05, 0.1) is 4.48 Å². The van der Waals surface area contributed by atoms with Crippen LogP contribution in [0.25, 0.3) is 0 Å². The summed E-state index contributed by atoms with van der Waals surface area (Å²) in [5, 5.41) is 19.9. The van der Waals surface area contributed by atoms with Crippen LogP contribution in [0.4, 0.5) is 4.79 Å². The molecule has 0 bridgehead atoms. The first-order chi connectivity index (χ1) is 14.8. The normalized spacial score (nSPS) is 27.1. The molecule has 10 heteroatoms. The van der Waals surface area contributed by atoms with Gasteiger partial charge in [0.25, 0.3) is 5.91 Å². The van der Waals surface area contributed by atoms with E-state index < -0.39 is 41.8 Å². The summed E-state index contributed by atoms with van der Waals surface area (Å²) < 4.78 is 16.1.